The summed E-state index contributed by atoms with van der Waals surface area (Å²) in [7, 11) is 0. The van der Waals surface area contributed by atoms with Gasteiger partial charge in [-0.3, -0.25) is 4.79 Å². The van der Waals surface area contributed by atoms with Gasteiger partial charge in [0.2, 0.25) is 5.91 Å². The highest BCUT2D eigenvalue weighted by atomic mass is 16.2. The van der Waals surface area contributed by atoms with Crippen molar-refractivity contribution in [2.24, 2.45) is 5.92 Å². The molecule has 1 atom stereocenters. The predicted octanol–water partition coefficient (Wildman–Crippen LogP) is 1.20. The van der Waals surface area contributed by atoms with Crippen molar-refractivity contribution in [3.8, 4) is 0 Å². The molecule has 0 aromatic carbocycles. The van der Waals surface area contributed by atoms with Crippen molar-refractivity contribution in [2.45, 2.75) is 6.42 Å². The van der Waals surface area contributed by atoms with Crippen LogP contribution in [0.3, 0.4) is 0 Å². The van der Waals surface area contributed by atoms with Gasteiger partial charge in [0, 0.05) is 25.1 Å². The number of hydrogen-bond acceptors (Lipinski definition) is 3. The topological polar surface area (TPSA) is 59.2 Å². The van der Waals surface area contributed by atoms with Crippen LogP contribution in [0.5, 0.6) is 0 Å². The van der Waals surface area contributed by atoms with Crippen LogP contribution < -0.4 is 10.6 Å². The van der Waals surface area contributed by atoms with Crippen molar-refractivity contribution in [3.05, 3.63) is 31.0 Å². The Labute approximate surface area is 88.4 Å². The van der Waals surface area contributed by atoms with Gasteiger partial charge in [0.25, 0.3) is 0 Å². The summed E-state index contributed by atoms with van der Waals surface area (Å²) in [5.74, 6) is 0.701. The fourth-order valence-electron chi connectivity index (χ4n) is 1.76. The van der Waals surface area contributed by atoms with E-state index in [-0.39, 0.29) is 11.8 Å². The highest BCUT2D eigenvalue weighted by Gasteiger charge is 2.29. The van der Waals surface area contributed by atoms with Crippen LogP contribution in [0.2, 0.25) is 0 Å². The summed E-state index contributed by atoms with van der Waals surface area (Å²) < 4.78 is 0. The van der Waals surface area contributed by atoms with Crippen LogP contribution in [0, 0.1) is 5.92 Å². The Balaban J connectivity index is 2.29. The number of nitrogens with zero attached hydrogens (tertiary/aromatic N) is 2. The average Bonchev–Trinajstić information content (AvgIpc) is 2.60. The van der Waals surface area contributed by atoms with Gasteiger partial charge >= 0.3 is 0 Å². The van der Waals surface area contributed by atoms with E-state index in [4.69, 9.17) is 5.73 Å². The molecule has 2 N–H and O–H groups in total. The molecular weight excluding hydrogens is 190 g/mol. The van der Waals surface area contributed by atoms with Gasteiger partial charge < -0.3 is 10.6 Å². The number of nitrogen functional groups attached to an aromatic ring is 1. The Morgan fingerprint density at radius 3 is 3.07 bits per heavy atom. The van der Waals surface area contributed by atoms with E-state index in [1.54, 1.807) is 17.2 Å². The standard InChI is InChI=1S/C11H13N3O/c1-2-8-6-10(15)14(7-8)9-4-3-5-13-11(9)12/h2-5,8H,1,6-7H2,(H2,12,13). The first-order valence-electron chi connectivity index (χ1n) is 4.86. The molecule has 0 bridgehead atoms. The van der Waals surface area contributed by atoms with Gasteiger partial charge in [-0.2, -0.15) is 0 Å². The second-order valence-electron chi connectivity index (χ2n) is 3.61. The first-order chi connectivity index (χ1) is 7.22. The molecule has 1 fully saturated rings. The summed E-state index contributed by atoms with van der Waals surface area (Å²) in [6.07, 6.45) is 3.94. The fraction of sp³-hybridized carbons (Fsp3) is 0.273. The van der Waals surface area contributed by atoms with Crippen LogP contribution in [0.4, 0.5) is 11.5 Å². The molecule has 15 heavy (non-hydrogen) atoms. The van der Waals surface area contributed by atoms with Crippen LogP contribution in [-0.2, 0) is 4.79 Å². The number of aromatic nitrogens is 1. The summed E-state index contributed by atoms with van der Waals surface area (Å²) in [5, 5.41) is 0. The van der Waals surface area contributed by atoms with E-state index in [0.717, 1.165) is 0 Å². The highest BCUT2D eigenvalue weighted by molar-refractivity contribution is 5.98. The maximum atomic E-state index is 11.7. The molecule has 1 saturated heterocycles. The molecule has 78 valence electrons. The van der Waals surface area contributed by atoms with Crippen molar-refractivity contribution in [2.75, 3.05) is 17.2 Å². The summed E-state index contributed by atoms with van der Waals surface area (Å²) in [6, 6.07) is 3.59. The third-order valence-electron chi connectivity index (χ3n) is 2.60. The van der Waals surface area contributed by atoms with Crippen LogP contribution in [0.15, 0.2) is 31.0 Å². The number of rotatable bonds is 2. The molecule has 1 aromatic rings. The first kappa shape index (κ1) is 9.71. The highest BCUT2D eigenvalue weighted by Crippen LogP contribution is 2.28. The minimum Gasteiger partial charge on any atom is -0.382 e. The Kier molecular flexibility index (Phi) is 2.41. The molecule has 4 nitrogen and oxygen atoms in total. The SMILES string of the molecule is C=CC1CC(=O)N(c2cccnc2N)C1. The molecule has 0 radical (unpaired) electrons. The Bertz CT molecular complexity index is 403. The van der Waals surface area contributed by atoms with E-state index in [2.05, 4.69) is 11.6 Å². The van der Waals surface area contributed by atoms with Gasteiger partial charge in [-0.05, 0) is 12.1 Å². The number of nitrogens with two attached hydrogens (primary N) is 1. The van der Waals surface area contributed by atoms with Gasteiger partial charge in [0.1, 0.15) is 5.82 Å². The Morgan fingerprint density at radius 2 is 2.47 bits per heavy atom. The Morgan fingerprint density at radius 1 is 1.67 bits per heavy atom. The molecule has 1 aliphatic rings. The van der Waals surface area contributed by atoms with Crippen LogP contribution in [0.25, 0.3) is 0 Å². The van der Waals surface area contributed by atoms with Crippen molar-refractivity contribution in [1.82, 2.24) is 4.98 Å². The van der Waals surface area contributed by atoms with E-state index in [1.807, 2.05) is 12.1 Å². The number of carbonyl (C=O) groups is 1. The maximum absolute atomic E-state index is 11.7. The minimum absolute atomic E-state index is 0.0830. The van der Waals surface area contributed by atoms with E-state index in [0.29, 0.717) is 24.5 Å². The molecule has 1 amide bonds. The summed E-state index contributed by atoms with van der Waals surface area (Å²) in [6.45, 7) is 4.35. The smallest absolute Gasteiger partial charge is 0.227 e. The van der Waals surface area contributed by atoms with Gasteiger partial charge in [0.15, 0.2) is 0 Å². The zero-order valence-electron chi connectivity index (χ0n) is 8.39. The lowest BCUT2D eigenvalue weighted by molar-refractivity contribution is -0.117. The molecule has 1 aliphatic heterocycles. The van der Waals surface area contributed by atoms with E-state index in [1.165, 1.54) is 0 Å². The second-order valence-corrected chi connectivity index (χ2v) is 3.61. The zero-order valence-corrected chi connectivity index (χ0v) is 8.39. The second kappa shape index (κ2) is 3.73. The summed E-state index contributed by atoms with van der Waals surface area (Å²) >= 11 is 0. The van der Waals surface area contributed by atoms with Crippen molar-refractivity contribution >= 4 is 17.4 Å². The molecule has 0 aliphatic carbocycles. The quantitative estimate of drug-likeness (QED) is 0.735. The molecule has 0 saturated carbocycles. The predicted molar refractivity (Wildman–Crippen MR) is 59.3 cm³/mol. The van der Waals surface area contributed by atoms with Crippen LogP contribution >= 0.6 is 0 Å². The molecule has 1 unspecified atom stereocenters. The van der Waals surface area contributed by atoms with Gasteiger partial charge in [-0.25, -0.2) is 4.98 Å². The lowest BCUT2D eigenvalue weighted by atomic mass is 10.1. The molecule has 1 aromatic heterocycles. The molecule has 2 heterocycles. The van der Waals surface area contributed by atoms with Gasteiger partial charge in [0.05, 0.1) is 5.69 Å². The van der Waals surface area contributed by atoms with Crippen molar-refractivity contribution < 1.29 is 4.79 Å². The summed E-state index contributed by atoms with van der Waals surface area (Å²) in [5.41, 5.74) is 6.42. The molecule has 4 heteroatoms. The van der Waals surface area contributed by atoms with Crippen molar-refractivity contribution in [1.29, 1.82) is 0 Å². The van der Waals surface area contributed by atoms with E-state index in [9.17, 15) is 4.79 Å². The number of anilines is 2. The molecular formula is C11H13N3O. The van der Waals surface area contributed by atoms with Gasteiger partial charge in [-0.15, -0.1) is 6.58 Å². The minimum atomic E-state index is 0.0830. The first-order valence-corrected chi connectivity index (χ1v) is 4.86. The van der Waals surface area contributed by atoms with Crippen LogP contribution in [-0.4, -0.2) is 17.4 Å². The lowest BCUT2D eigenvalue weighted by Gasteiger charge is -2.17. The third-order valence-corrected chi connectivity index (χ3v) is 2.60. The van der Waals surface area contributed by atoms with Crippen LogP contribution in [0.1, 0.15) is 6.42 Å². The maximum Gasteiger partial charge on any atom is 0.227 e. The molecule has 0 spiro atoms. The number of hydrogen-bond donors (Lipinski definition) is 1. The third kappa shape index (κ3) is 1.70. The average molecular weight is 203 g/mol. The fourth-order valence-corrected chi connectivity index (χ4v) is 1.76. The normalized spacial score (nSPS) is 20.7. The lowest BCUT2D eigenvalue weighted by Crippen LogP contribution is -2.25. The van der Waals surface area contributed by atoms with Crippen molar-refractivity contribution in [3.63, 3.8) is 0 Å². The largest absolute Gasteiger partial charge is 0.382 e. The monoisotopic (exact) mass is 203 g/mol. The Hall–Kier alpha value is -1.84. The van der Waals surface area contributed by atoms with E-state index >= 15 is 0 Å². The van der Waals surface area contributed by atoms with E-state index < -0.39 is 0 Å². The van der Waals surface area contributed by atoms with Gasteiger partial charge in [-0.1, -0.05) is 6.08 Å². The number of pyridine rings is 1. The number of amides is 1. The zero-order chi connectivity index (χ0) is 10.8. The molecule has 2 rings (SSSR count). The summed E-state index contributed by atoms with van der Waals surface area (Å²) in [4.78, 5) is 17.3. The number of carbonyl (C=O) groups excluding carboxylic acids is 1.